The van der Waals surface area contributed by atoms with Crippen molar-refractivity contribution in [3.8, 4) is 0 Å². The van der Waals surface area contributed by atoms with Gasteiger partial charge in [0.1, 0.15) is 0 Å². The van der Waals surface area contributed by atoms with E-state index < -0.39 is 0 Å². The Balaban J connectivity index is 2.15. The highest BCUT2D eigenvalue weighted by atomic mass is 15.2. The first kappa shape index (κ1) is 12.9. The smallest absolute Gasteiger partial charge is 0.0607 e. The molecule has 0 radical (unpaired) electrons. The number of fused-ring (bicyclic) bond motifs is 1. The predicted octanol–water partition coefficient (Wildman–Crippen LogP) is 1.41. The lowest BCUT2D eigenvalue weighted by Crippen LogP contribution is -2.32. The molecular weight excluding hydrogens is 224 g/mol. The number of hydrogen-bond donors (Lipinski definition) is 2. The molecule has 0 spiro atoms. The van der Waals surface area contributed by atoms with Gasteiger partial charge in [0.2, 0.25) is 0 Å². The number of pyridine rings is 1. The number of aromatic nitrogens is 1. The number of rotatable bonds is 4. The van der Waals surface area contributed by atoms with Crippen LogP contribution in [0.15, 0.2) is 30.2 Å². The number of aryl methyl sites for hydroxylation is 1. The summed E-state index contributed by atoms with van der Waals surface area (Å²) < 4.78 is 0. The summed E-state index contributed by atoms with van der Waals surface area (Å²) in [6, 6.07) is 4.62. The molecule has 2 rings (SSSR count). The lowest BCUT2D eigenvalue weighted by Gasteiger charge is -2.32. The van der Waals surface area contributed by atoms with Crippen LogP contribution in [0.25, 0.3) is 0 Å². The van der Waals surface area contributed by atoms with E-state index in [1.54, 1.807) is 6.20 Å². The van der Waals surface area contributed by atoms with E-state index in [2.05, 4.69) is 28.3 Å². The second-order valence-electron chi connectivity index (χ2n) is 4.81. The van der Waals surface area contributed by atoms with Gasteiger partial charge in [0.15, 0.2) is 0 Å². The SMILES string of the molecule is CN/C(=C\N)CN(C)C1CCCc2cccnc21. The molecule has 98 valence electrons. The molecule has 0 bridgehead atoms. The van der Waals surface area contributed by atoms with Crippen molar-refractivity contribution < 1.29 is 0 Å². The van der Waals surface area contributed by atoms with Gasteiger partial charge in [0, 0.05) is 31.7 Å². The zero-order chi connectivity index (χ0) is 13.0. The highest BCUT2D eigenvalue weighted by Gasteiger charge is 2.24. The molecular formula is C14H22N4. The molecule has 1 aliphatic rings. The van der Waals surface area contributed by atoms with Crippen LogP contribution in [-0.4, -0.2) is 30.5 Å². The van der Waals surface area contributed by atoms with Crippen LogP contribution in [-0.2, 0) is 6.42 Å². The average Bonchev–Trinajstić information content (AvgIpc) is 2.43. The molecule has 1 unspecified atom stereocenters. The topological polar surface area (TPSA) is 54.2 Å². The number of likely N-dealkylation sites (N-methyl/N-ethyl adjacent to an activating group) is 2. The van der Waals surface area contributed by atoms with Crippen LogP contribution in [0.3, 0.4) is 0 Å². The Morgan fingerprint density at radius 2 is 2.50 bits per heavy atom. The Kier molecular flexibility index (Phi) is 4.20. The quantitative estimate of drug-likeness (QED) is 0.843. The number of hydrogen-bond acceptors (Lipinski definition) is 4. The third-order valence-corrected chi connectivity index (χ3v) is 3.64. The number of nitrogens with zero attached hydrogens (tertiary/aromatic N) is 2. The first-order valence-corrected chi connectivity index (χ1v) is 6.48. The second-order valence-corrected chi connectivity index (χ2v) is 4.81. The van der Waals surface area contributed by atoms with Gasteiger partial charge in [-0.2, -0.15) is 0 Å². The summed E-state index contributed by atoms with van der Waals surface area (Å²) in [5, 5.41) is 3.12. The van der Waals surface area contributed by atoms with Gasteiger partial charge in [-0.05, 0) is 37.9 Å². The van der Waals surface area contributed by atoms with Gasteiger partial charge in [0.05, 0.1) is 11.7 Å². The van der Waals surface area contributed by atoms with Crippen molar-refractivity contribution in [3.63, 3.8) is 0 Å². The monoisotopic (exact) mass is 246 g/mol. The van der Waals surface area contributed by atoms with E-state index in [4.69, 9.17) is 5.73 Å². The highest BCUT2D eigenvalue weighted by Crippen LogP contribution is 2.31. The molecule has 4 nitrogen and oxygen atoms in total. The summed E-state index contributed by atoms with van der Waals surface area (Å²) in [7, 11) is 4.04. The number of nitrogens with two attached hydrogens (primary N) is 1. The van der Waals surface area contributed by atoms with E-state index in [1.807, 2.05) is 19.3 Å². The predicted molar refractivity (Wildman–Crippen MR) is 73.9 cm³/mol. The minimum atomic E-state index is 0.401. The third-order valence-electron chi connectivity index (χ3n) is 3.64. The zero-order valence-electron chi connectivity index (χ0n) is 11.2. The molecule has 0 aliphatic heterocycles. The first-order chi connectivity index (χ1) is 8.76. The van der Waals surface area contributed by atoms with Crippen LogP contribution in [0.1, 0.15) is 30.1 Å². The van der Waals surface area contributed by atoms with Crippen molar-refractivity contribution in [3.05, 3.63) is 41.5 Å². The summed E-state index contributed by atoms with van der Waals surface area (Å²) in [6.07, 6.45) is 7.08. The standard InChI is InChI=1S/C14H22N4/c1-16-12(9-15)10-18(2)13-7-3-5-11-6-4-8-17-14(11)13/h4,6,8-9,13,16H,3,5,7,10,15H2,1-2H3/b12-9-. The van der Waals surface area contributed by atoms with E-state index in [-0.39, 0.29) is 0 Å². The van der Waals surface area contributed by atoms with Crippen LogP contribution >= 0.6 is 0 Å². The van der Waals surface area contributed by atoms with Gasteiger partial charge >= 0.3 is 0 Å². The number of nitrogens with one attached hydrogen (secondary N) is 1. The normalized spacial score (nSPS) is 19.7. The van der Waals surface area contributed by atoms with Crippen LogP contribution in [0.2, 0.25) is 0 Å². The van der Waals surface area contributed by atoms with Crippen molar-refractivity contribution in [2.75, 3.05) is 20.6 Å². The molecule has 0 amide bonds. The summed E-state index contributed by atoms with van der Waals surface area (Å²) in [6.45, 7) is 0.827. The Labute approximate surface area is 109 Å². The fourth-order valence-electron chi connectivity index (χ4n) is 2.61. The summed E-state index contributed by atoms with van der Waals surface area (Å²) >= 11 is 0. The minimum absolute atomic E-state index is 0.401. The molecule has 0 fully saturated rings. The lowest BCUT2D eigenvalue weighted by molar-refractivity contribution is 0.230. The van der Waals surface area contributed by atoms with Crippen molar-refractivity contribution in [1.29, 1.82) is 0 Å². The maximum Gasteiger partial charge on any atom is 0.0607 e. The molecule has 3 N–H and O–H groups in total. The summed E-state index contributed by atoms with van der Waals surface area (Å²) in [5.74, 6) is 0. The van der Waals surface area contributed by atoms with E-state index in [0.717, 1.165) is 18.7 Å². The van der Waals surface area contributed by atoms with Crippen LogP contribution in [0, 0.1) is 0 Å². The van der Waals surface area contributed by atoms with Gasteiger partial charge in [-0.3, -0.25) is 9.88 Å². The van der Waals surface area contributed by atoms with Crippen molar-refractivity contribution in [2.24, 2.45) is 5.73 Å². The van der Waals surface area contributed by atoms with Crippen molar-refractivity contribution in [1.82, 2.24) is 15.2 Å². The van der Waals surface area contributed by atoms with E-state index >= 15 is 0 Å². The maximum atomic E-state index is 5.59. The van der Waals surface area contributed by atoms with Gasteiger partial charge < -0.3 is 11.1 Å². The van der Waals surface area contributed by atoms with Gasteiger partial charge in [-0.15, -0.1) is 0 Å². The van der Waals surface area contributed by atoms with E-state index in [0.29, 0.717) is 6.04 Å². The molecule has 1 aromatic heterocycles. The van der Waals surface area contributed by atoms with Crippen molar-refractivity contribution in [2.45, 2.75) is 25.3 Å². The maximum absolute atomic E-state index is 5.59. The molecule has 4 heteroatoms. The van der Waals surface area contributed by atoms with Crippen molar-refractivity contribution >= 4 is 0 Å². The molecule has 1 atom stereocenters. The molecule has 1 heterocycles. The fraction of sp³-hybridized carbons (Fsp3) is 0.500. The van der Waals surface area contributed by atoms with E-state index in [1.165, 1.54) is 24.1 Å². The minimum Gasteiger partial charge on any atom is -0.403 e. The van der Waals surface area contributed by atoms with Gasteiger partial charge in [-0.25, -0.2) is 0 Å². The van der Waals surface area contributed by atoms with Crippen LogP contribution in [0.4, 0.5) is 0 Å². The first-order valence-electron chi connectivity index (χ1n) is 6.48. The second kappa shape index (κ2) is 5.87. The molecule has 1 aliphatic carbocycles. The Bertz CT molecular complexity index is 428. The lowest BCUT2D eigenvalue weighted by atomic mass is 9.91. The molecule has 18 heavy (non-hydrogen) atoms. The Morgan fingerprint density at radius 3 is 3.22 bits per heavy atom. The molecule has 0 saturated heterocycles. The Morgan fingerprint density at radius 1 is 1.67 bits per heavy atom. The fourth-order valence-corrected chi connectivity index (χ4v) is 2.61. The van der Waals surface area contributed by atoms with Crippen LogP contribution in [0.5, 0.6) is 0 Å². The molecule has 0 aromatic carbocycles. The van der Waals surface area contributed by atoms with Gasteiger partial charge in [-0.1, -0.05) is 6.07 Å². The Hall–Kier alpha value is -1.55. The molecule has 1 aromatic rings. The summed E-state index contributed by atoms with van der Waals surface area (Å²) in [4.78, 5) is 6.89. The zero-order valence-corrected chi connectivity index (χ0v) is 11.2. The largest absolute Gasteiger partial charge is 0.403 e. The van der Waals surface area contributed by atoms with Gasteiger partial charge in [0.25, 0.3) is 0 Å². The van der Waals surface area contributed by atoms with E-state index in [9.17, 15) is 0 Å². The highest BCUT2D eigenvalue weighted by molar-refractivity contribution is 5.25. The third kappa shape index (κ3) is 2.64. The average molecular weight is 246 g/mol. The van der Waals surface area contributed by atoms with Crippen LogP contribution < -0.4 is 11.1 Å². The summed E-state index contributed by atoms with van der Waals surface area (Å²) in [5.41, 5.74) is 9.26. The molecule has 0 saturated carbocycles.